The molecule has 0 radical (unpaired) electrons. The van der Waals surface area contributed by atoms with E-state index in [0.717, 1.165) is 25.9 Å². The summed E-state index contributed by atoms with van der Waals surface area (Å²) in [5.41, 5.74) is 0. The Morgan fingerprint density at radius 3 is 1.83 bits per heavy atom. The molecule has 1 heterocycles. The first-order chi connectivity index (χ1) is 17.4. The highest BCUT2D eigenvalue weighted by atomic mass is 31.2. The van der Waals surface area contributed by atoms with Gasteiger partial charge in [-0.2, -0.15) is 0 Å². The van der Waals surface area contributed by atoms with Crippen LogP contribution in [0.15, 0.2) is 0 Å². The second-order valence-electron chi connectivity index (χ2n) is 10.6. The Morgan fingerprint density at radius 2 is 1.33 bits per heavy atom. The lowest BCUT2D eigenvalue weighted by Crippen LogP contribution is -3.10. The van der Waals surface area contributed by atoms with Gasteiger partial charge in [0.15, 0.2) is 0 Å². The van der Waals surface area contributed by atoms with Gasteiger partial charge in [-0.15, -0.1) is 0 Å². The minimum Gasteiger partial charge on any atom is -0.458 e. The molecule has 1 aliphatic heterocycles. The summed E-state index contributed by atoms with van der Waals surface area (Å²) in [6, 6.07) is 0. The Labute approximate surface area is 221 Å². The fraction of sp³-hybridized carbons (Fsp3) is 0.964. The van der Waals surface area contributed by atoms with Gasteiger partial charge in [0.1, 0.15) is 6.10 Å². The molecular weight excluding hydrogens is 477 g/mol. The maximum absolute atomic E-state index is 12.3. The molecular formula is C28H57NO6P+. The highest BCUT2D eigenvalue weighted by Crippen LogP contribution is 2.41. The second-order valence-corrected chi connectivity index (χ2v) is 12.6. The summed E-state index contributed by atoms with van der Waals surface area (Å²) >= 11 is 0. The van der Waals surface area contributed by atoms with Crippen molar-refractivity contribution in [2.45, 2.75) is 129 Å². The predicted octanol–water partition coefficient (Wildman–Crippen LogP) is 5.69. The van der Waals surface area contributed by atoms with Gasteiger partial charge in [0.25, 0.3) is 0 Å². The van der Waals surface area contributed by atoms with Gasteiger partial charge in [-0.05, 0) is 6.42 Å². The molecule has 2 atom stereocenters. The van der Waals surface area contributed by atoms with Crippen LogP contribution in [0.4, 0.5) is 0 Å². The summed E-state index contributed by atoms with van der Waals surface area (Å²) in [6.07, 6.45) is 21.7. The maximum Gasteiger partial charge on any atom is 0.333 e. The van der Waals surface area contributed by atoms with Crippen LogP contribution in [-0.2, 0) is 23.4 Å². The fourth-order valence-corrected chi connectivity index (χ4v) is 5.96. The molecule has 0 aromatic carbocycles. The van der Waals surface area contributed by atoms with Gasteiger partial charge in [0, 0.05) is 26.4 Å². The van der Waals surface area contributed by atoms with E-state index in [1.807, 2.05) is 0 Å². The fourth-order valence-electron chi connectivity index (χ4n) is 4.83. The maximum atomic E-state index is 12.3. The molecule has 7 nitrogen and oxygen atoms in total. The Morgan fingerprint density at radius 1 is 0.833 bits per heavy atom. The summed E-state index contributed by atoms with van der Waals surface area (Å²) in [5, 5.41) is 0. The zero-order valence-corrected chi connectivity index (χ0v) is 24.4. The van der Waals surface area contributed by atoms with E-state index in [4.69, 9.17) is 14.0 Å². The van der Waals surface area contributed by atoms with Crippen LogP contribution >= 0.6 is 7.60 Å². The topological polar surface area (TPSA) is 86.5 Å². The van der Waals surface area contributed by atoms with Crippen molar-refractivity contribution in [2.75, 3.05) is 45.6 Å². The third kappa shape index (κ3) is 20.6. The first-order valence-electron chi connectivity index (χ1n) is 15.0. The largest absolute Gasteiger partial charge is 0.458 e. The van der Waals surface area contributed by atoms with Gasteiger partial charge in [-0.25, -0.2) is 0 Å². The highest BCUT2D eigenvalue weighted by molar-refractivity contribution is 7.52. The number of unbranched alkanes of at least 4 members (excludes halogenated alkanes) is 14. The van der Waals surface area contributed by atoms with E-state index in [9.17, 15) is 14.3 Å². The lowest BCUT2D eigenvalue weighted by atomic mass is 10.0. The molecule has 0 saturated carbocycles. The van der Waals surface area contributed by atoms with Crippen molar-refractivity contribution in [2.24, 2.45) is 0 Å². The van der Waals surface area contributed by atoms with Crippen LogP contribution in [0.3, 0.4) is 0 Å². The highest BCUT2D eigenvalue weighted by Gasteiger charge is 2.26. The Kier molecular flexibility index (Phi) is 21.0. The Hall–Kier alpha value is -0.460. The van der Waals surface area contributed by atoms with Gasteiger partial charge >= 0.3 is 13.6 Å². The van der Waals surface area contributed by atoms with Crippen LogP contribution < -0.4 is 4.90 Å². The van der Waals surface area contributed by atoms with Crippen LogP contribution in [0.5, 0.6) is 0 Å². The summed E-state index contributed by atoms with van der Waals surface area (Å²) in [7, 11) is -3.69. The second kappa shape index (κ2) is 22.5. The molecule has 0 aromatic rings. The van der Waals surface area contributed by atoms with Gasteiger partial charge in [-0.1, -0.05) is 96.8 Å². The number of quaternary nitrogens is 1. The van der Waals surface area contributed by atoms with Crippen LogP contribution in [0, 0.1) is 0 Å². The van der Waals surface area contributed by atoms with E-state index in [1.165, 1.54) is 108 Å². The van der Waals surface area contributed by atoms with Crippen molar-refractivity contribution in [1.82, 2.24) is 0 Å². The van der Waals surface area contributed by atoms with Gasteiger partial charge in [0.2, 0.25) is 0 Å². The molecule has 0 spiro atoms. The van der Waals surface area contributed by atoms with E-state index >= 15 is 0 Å². The molecule has 0 amide bonds. The number of nitrogens with one attached hydrogen (secondary N) is 1. The van der Waals surface area contributed by atoms with Gasteiger partial charge in [-0.3, -0.25) is 9.36 Å². The minimum atomic E-state index is -3.69. The molecule has 214 valence electrons. The zero-order chi connectivity index (χ0) is 26.3. The summed E-state index contributed by atoms with van der Waals surface area (Å²) < 4.78 is 28.5. The quantitative estimate of drug-likeness (QED) is 0.0890. The third-order valence-corrected chi connectivity index (χ3v) is 8.39. The number of hydrogen-bond acceptors (Lipinski definition) is 5. The summed E-state index contributed by atoms with van der Waals surface area (Å²) in [4.78, 5) is 22.9. The van der Waals surface area contributed by atoms with E-state index in [-0.39, 0.29) is 19.4 Å². The number of hydrogen-bond donors (Lipinski definition) is 2. The van der Waals surface area contributed by atoms with E-state index in [2.05, 4.69) is 6.92 Å². The molecule has 36 heavy (non-hydrogen) atoms. The molecule has 2 N–H and O–H groups in total. The predicted molar refractivity (Wildman–Crippen MR) is 147 cm³/mol. The van der Waals surface area contributed by atoms with Crippen LogP contribution in [0.1, 0.15) is 123 Å². The van der Waals surface area contributed by atoms with E-state index in [1.54, 1.807) is 0 Å². The van der Waals surface area contributed by atoms with Crippen LogP contribution in [0.2, 0.25) is 0 Å². The molecule has 0 aliphatic carbocycles. The normalized spacial score (nSPS) is 16.8. The summed E-state index contributed by atoms with van der Waals surface area (Å²) in [5.74, 6) is -0.437. The van der Waals surface area contributed by atoms with Crippen molar-refractivity contribution >= 4 is 13.6 Å². The molecule has 8 heteroatoms. The molecule has 1 saturated heterocycles. The van der Waals surface area contributed by atoms with Crippen molar-refractivity contribution in [1.29, 1.82) is 0 Å². The number of rotatable bonds is 25. The zero-order valence-electron chi connectivity index (χ0n) is 23.5. The van der Waals surface area contributed by atoms with E-state index in [0.29, 0.717) is 13.2 Å². The van der Waals surface area contributed by atoms with Gasteiger partial charge < -0.3 is 23.8 Å². The van der Waals surface area contributed by atoms with Crippen molar-refractivity contribution in [3.8, 4) is 0 Å². The number of likely N-dealkylation sites (tertiary alicyclic amines) is 1. The van der Waals surface area contributed by atoms with Crippen molar-refractivity contribution in [3.63, 3.8) is 0 Å². The molecule has 2 unspecified atom stereocenters. The minimum absolute atomic E-state index is 0.110. The smallest absolute Gasteiger partial charge is 0.333 e. The first kappa shape index (κ1) is 33.6. The van der Waals surface area contributed by atoms with E-state index < -0.39 is 19.7 Å². The monoisotopic (exact) mass is 534 g/mol. The first-order valence-corrected chi connectivity index (χ1v) is 16.7. The van der Waals surface area contributed by atoms with Gasteiger partial charge in [0.05, 0.1) is 39.0 Å². The average Bonchev–Trinajstić information content (AvgIpc) is 3.37. The summed E-state index contributed by atoms with van der Waals surface area (Å²) in [6.45, 7) is 7.04. The van der Waals surface area contributed by atoms with Crippen LogP contribution in [-0.4, -0.2) is 62.6 Å². The third-order valence-electron chi connectivity index (χ3n) is 7.05. The molecule has 0 aromatic heterocycles. The standard InChI is InChI=1S/C28H56NO6P/c1-3-4-5-6-7-8-9-10-11-12-13-14-15-16-19-23-33-25-28(35-27(2)30)26-34-36(31,32)24-22-29-20-17-18-21-29/h28H,3-26H2,1-2H3,(H,31,32)/p+1. The molecule has 1 fully saturated rings. The number of esters is 1. The molecule has 1 aliphatic rings. The lowest BCUT2D eigenvalue weighted by molar-refractivity contribution is -0.884. The average molecular weight is 535 g/mol. The Bertz CT molecular complexity index is 570. The Balaban J connectivity index is 1.97. The van der Waals surface area contributed by atoms with Crippen molar-refractivity contribution in [3.05, 3.63) is 0 Å². The number of carbonyl (C=O) groups is 1. The molecule has 1 rings (SSSR count). The molecule has 0 bridgehead atoms. The lowest BCUT2D eigenvalue weighted by Gasteiger charge is -2.20. The number of ether oxygens (including phenoxy) is 2. The number of carbonyl (C=O) groups excluding carboxylic acids is 1. The SMILES string of the molecule is CCCCCCCCCCCCCCCCCOCC(COP(=O)(O)CC[NH+]1CCCC1)OC(C)=O. The van der Waals surface area contributed by atoms with Crippen molar-refractivity contribution < 1.29 is 33.2 Å². The van der Waals surface area contributed by atoms with Crippen LogP contribution in [0.25, 0.3) is 0 Å².